The molecule has 0 unspecified atom stereocenters. The fourth-order valence-electron chi connectivity index (χ4n) is 5.58. The van der Waals surface area contributed by atoms with Gasteiger partial charge in [0.05, 0.1) is 5.52 Å². The van der Waals surface area contributed by atoms with E-state index in [4.69, 9.17) is 0 Å². The molecule has 1 saturated carbocycles. The van der Waals surface area contributed by atoms with Crippen molar-refractivity contribution in [1.82, 2.24) is 19.8 Å². The molecule has 3 heterocycles. The third-order valence-electron chi connectivity index (χ3n) is 7.55. The van der Waals surface area contributed by atoms with Crippen molar-refractivity contribution in [2.24, 2.45) is 13.0 Å². The van der Waals surface area contributed by atoms with E-state index in [2.05, 4.69) is 31.9 Å². The Morgan fingerprint density at radius 2 is 2.06 bits per heavy atom. The Bertz CT molecular complexity index is 1190. The Hall–Kier alpha value is -3.17. The van der Waals surface area contributed by atoms with E-state index in [0.29, 0.717) is 5.56 Å². The van der Waals surface area contributed by atoms with E-state index in [0.717, 1.165) is 61.4 Å². The van der Waals surface area contributed by atoms with Crippen LogP contribution in [0, 0.1) is 17.2 Å². The van der Waals surface area contributed by atoms with E-state index in [1.54, 1.807) is 6.20 Å². The summed E-state index contributed by atoms with van der Waals surface area (Å²) in [6.45, 7) is 3.14. The van der Waals surface area contributed by atoms with E-state index >= 15 is 0 Å². The molecule has 1 aliphatic carbocycles. The number of nitrogens with one attached hydrogen (secondary N) is 1. The third-order valence-corrected chi connectivity index (χ3v) is 7.55. The molecule has 1 N–H and O–H groups in total. The molecule has 1 aliphatic heterocycles. The minimum Gasteiger partial charge on any atom is -0.349 e. The van der Waals surface area contributed by atoms with Crippen LogP contribution >= 0.6 is 0 Å². The fraction of sp³-hybridized carbons (Fsp3) is 0.444. The zero-order chi connectivity index (χ0) is 22.8. The number of carbonyl (C=O) groups is 1. The SMILES string of the molecule is Cn1c(C#N)cc2c1CCN(CC[C@H]1CC[C@H](NC(=O)c3cccc4ncccc34)CC1)C2. The second-order valence-electron chi connectivity index (χ2n) is 9.55. The van der Waals surface area contributed by atoms with Gasteiger partial charge in [-0.1, -0.05) is 12.1 Å². The van der Waals surface area contributed by atoms with E-state index in [9.17, 15) is 10.1 Å². The number of nitriles is 1. The Labute approximate surface area is 195 Å². The summed E-state index contributed by atoms with van der Waals surface area (Å²) < 4.78 is 2.05. The Morgan fingerprint density at radius 3 is 2.88 bits per heavy atom. The number of rotatable bonds is 5. The molecule has 0 bridgehead atoms. The first-order valence-corrected chi connectivity index (χ1v) is 12.1. The van der Waals surface area contributed by atoms with Gasteiger partial charge in [0.15, 0.2) is 0 Å². The van der Waals surface area contributed by atoms with Gasteiger partial charge in [0.1, 0.15) is 11.8 Å². The number of fused-ring (bicyclic) bond motifs is 2. The number of aromatic nitrogens is 2. The van der Waals surface area contributed by atoms with Gasteiger partial charge in [0, 0.05) is 55.4 Å². The van der Waals surface area contributed by atoms with Crippen LogP contribution in [0.2, 0.25) is 0 Å². The fourth-order valence-corrected chi connectivity index (χ4v) is 5.58. The quantitative estimate of drug-likeness (QED) is 0.645. The summed E-state index contributed by atoms with van der Waals surface area (Å²) in [5, 5.41) is 13.5. The molecule has 6 nitrogen and oxygen atoms in total. The highest BCUT2D eigenvalue weighted by atomic mass is 16.1. The van der Waals surface area contributed by atoms with Gasteiger partial charge >= 0.3 is 0 Å². The third kappa shape index (κ3) is 4.51. The van der Waals surface area contributed by atoms with Crippen LogP contribution in [0.4, 0.5) is 0 Å². The first-order chi connectivity index (χ1) is 16.1. The largest absolute Gasteiger partial charge is 0.349 e. The molecule has 0 spiro atoms. The van der Waals surface area contributed by atoms with Crippen LogP contribution in [0.5, 0.6) is 0 Å². The van der Waals surface area contributed by atoms with Crippen molar-refractivity contribution in [3.05, 3.63) is 65.1 Å². The van der Waals surface area contributed by atoms with Gasteiger partial charge in [-0.3, -0.25) is 14.7 Å². The highest BCUT2D eigenvalue weighted by molar-refractivity contribution is 6.06. The molecule has 170 valence electrons. The van der Waals surface area contributed by atoms with E-state index in [1.165, 1.54) is 30.5 Å². The Morgan fingerprint density at radius 1 is 1.21 bits per heavy atom. The number of amides is 1. The zero-order valence-corrected chi connectivity index (χ0v) is 19.3. The first kappa shape index (κ1) is 21.7. The highest BCUT2D eigenvalue weighted by Gasteiger charge is 2.25. The first-order valence-electron chi connectivity index (χ1n) is 12.1. The van der Waals surface area contributed by atoms with E-state index in [-0.39, 0.29) is 11.9 Å². The second-order valence-corrected chi connectivity index (χ2v) is 9.55. The summed E-state index contributed by atoms with van der Waals surface area (Å²) in [6, 6.07) is 14.2. The molecular weight excluding hydrogens is 410 g/mol. The van der Waals surface area contributed by atoms with Crippen LogP contribution in [-0.4, -0.2) is 39.5 Å². The van der Waals surface area contributed by atoms with Crippen molar-refractivity contribution in [1.29, 1.82) is 5.26 Å². The summed E-state index contributed by atoms with van der Waals surface area (Å²) in [5.41, 5.74) is 4.98. The van der Waals surface area contributed by atoms with Gasteiger partial charge in [0.2, 0.25) is 0 Å². The molecule has 0 atom stereocenters. The number of nitrogens with zero attached hydrogens (tertiary/aromatic N) is 4. The molecule has 6 heteroatoms. The molecule has 1 aromatic carbocycles. The Balaban J connectivity index is 1.10. The van der Waals surface area contributed by atoms with Crippen molar-refractivity contribution in [3.8, 4) is 6.07 Å². The highest BCUT2D eigenvalue weighted by Crippen LogP contribution is 2.29. The number of benzene rings is 1. The minimum atomic E-state index is 0.0146. The maximum Gasteiger partial charge on any atom is 0.252 e. The molecule has 0 radical (unpaired) electrons. The summed E-state index contributed by atoms with van der Waals surface area (Å²) >= 11 is 0. The van der Waals surface area contributed by atoms with Crippen LogP contribution in [0.15, 0.2) is 42.6 Å². The lowest BCUT2D eigenvalue weighted by atomic mass is 9.83. The van der Waals surface area contributed by atoms with Gasteiger partial charge in [-0.25, -0.2) is 0 Å². The van der Waals surface area contributed by atoms with Gasteiger partial charge in [-0.05, 0) is 74.4 Å². The van der Waals surface area contributed by atoms with Crippen LogP contribution in [0.1, 0.15) is 59.4 Å². The molecule has 1 amide bonds. The molecule has 33 heavy (non-hydrogen) atoms. The van der Waals surface area contributed by atoms with E-state index < -0.39 is 0 Å². The summed E-state index contributed by atoms with van der Waals surface area (Å²) in [4.78, 5) is 19.8. The predicted octanol–water partition coefficient (Wildman–Crippen LogP) is 4.18. The summed E-state index contributed by atoms with van der Waals surface area (Å²) in [7, 11) is 2.00. The average Bonchev–Trinajstić information content (AvgIpc) is 3.18. The van der Waals surface area contributed by atoms with Gasteiger partial charge in [0.25, 0.3) is 5.91 Å². The van der Waals surface area contributed by atoms with Gasteiger partial charge < -0.3 is 9.88 Å². The predicted molar refractivity (Wildman–Crippen MR) is 129 cm³/mol. The number of carbonyl (C=O) groups excluding carboxylic acids is 1. The number of pyridine rings is 1. The molecule has 0 saturated heterocycles. The molecule has 2 aliphatic rings. The number of hydrogen-bond donors (Lipinski definition) is 1. The lowest BCUT2D eigenvalue weighted by Crippen LogP contribution is -2.38. The standard InChI is InChI=1S/C27H31N5O/c1-31-22(17-28)16-20-18-32(15-12-26(20)31)14-11-19-7-9-21(10-8-19)30-27(33)24-4-2-6-25-23(24)5-3-13-29-25/h2-6,13,16,19,21H,7-12,14-15,18H2,1H3,(H,30,33)/t19-,21-. The topological polar surface area (TPSA) is 74.0 Å². The van der Waals surface area contributed by atoms with Crippen LogP contribution < -0.4 is 5.32 Å². The van der Waals surface area contributed by atoms with Crippen molar-refractivity contribution in [2.75, 3.05) is 13.1 Å². The van der Waals surface area contributed by atoms with Crippen molar-refractivity contribution in [3.63, 3.8) is 0 Å². The minimum absolute atomic E-state index is 0.0146. The average molecular weight is 442 g/mol. The Kier molecular flexibility index (Phi) is 6.15. The molecule has 2 aromatic heterocycles. The number of hydrogen-bond acceptors (Lipinski definition) is 4. The molecule has 1 fully saturated rings. The zero-order valence-electron chi connectivity index (χ0n) is 19.3. The van der Waals surface area contributed by atoms with Crippen LogP contribution in [0.25, 0.3) is 10.9 Å². The lowest BCUT2D eigenvalue weighted by molar-refractivity contribution is 0.0921. The summed E-state index contributed by atoms with van der Waals surface area (Å²) in [6.07, 6.45) is 8.44. The smallest absolute Gasteiger partial charge is 0.252 e. The maximum atomic E-state index is 12.9. The maximum absolute atomic E-state index is 12.9. The van der Waals surface area contributed by atoms with Crippen molar-refractivity contribution in [2.45, 2.75) is 51.1 Å². The normalized spacial score (nSPS) is 20.8. The van der Waals surface area contributed by atoms with Gasteiger partial charge in [-0.15, -0.1) is 0 Å². The second kappa shape index (κ2) is 9.36. The van der Waals surface area contributed by atoms with Gasteiger partial charge in [-0.2, -0.15) is 5.26 Å². The molecule has 5 rings (SSSR count). The molecular formula is C27H31N5O. The van der Waals surface area contributed by atoms with Crippen molar-refractivity contribution < 1.29 is 4.79 Å². The van der Waals surface area contributed by atoms with Crippen molar-refractivity contribution >= 4 is 16.8 Å². The lowest BCUT2D eigenvalue weighted by Gasteiger charge is -2.32. The summed E-state index contributed by atoms with van der Waals surface area (Å²) in [5.74, 6) is 0.743. The molecule has 3 aromatic rings. The van der Waals surface area contributed by atoms with Crippen LogP contribution in [-0.2, 0) is 20.0 Å². The monoisotopic (exact) mass is 441 g/mol. The van der Waals surface area contributed by atoms with Crippen LogP contribution in [0.3, 0.4) is 0 Å². The van der Waals surface area contributed by atoms with E-state index in [1.807, 2.05) is 37.4 Å².